The molecule has 1 aliphatic rings. The van der Waals surface area contributed by atoms with E-state index in [0.717, 1.165) is 26.2 Å². The van der Waals surface area contributed by atoms with Gasteiger partial charge in [-0.05, 0) is 45.4 Å². The highest BCUT2D eigenvalue weighted by molar-refractivity contribution is 5.48. The largest absolute Gasteiger partial charge is 0.389 e. The van der Waals surface area contributed by atoms with Gasteiger partial charge in [-0.1, -0.05) is 12.1 Å². The third kappa shape index (κ3) is 5.59. The highest BCUT2D eigenvalue weighted by Crippen LogP contribution is 2.18. The monoisotopic (exact) mass is 306 g/mol. The highest BCUT2D eigenvalue weighted by atomic mass is 16.5. The maximum Gasteiger partial charge on any atom is 0.0900 e. The van der Waals surface area contributed by atoms with Crippen LogP contribution in [-0.2, 0) is 4.74 Å². The van der Waals surface area contributed by atoms with E-state index in [1.807, 2.05) is 20.8 Å². The van der Waals surface area contributed by atoms with Crippen molar-refractivity contribution in [1.29, 1.82) is 0 Å². The smallest absolute Gasteiger partial charge is 0.0900 e. The molecule has 0 amide bonds. The molecule has 0 saturated carbocycles. The summed E-state index contributed by atoms with van der Waals surface area (Å²) in [5, 5.41) is 10.1. The van der Waals surface area contributed by atoms with Crippen molar-refractivity contribution in [2.75, 3.05) is 44.2 Å². The van der Waals surface area contributed by atoms with E-state index in [4.69, 9.17) is 4.74 Å². The van der Waals surface area contributed by atoms with Crippen molar-refractivity contribution in [2.45, 2.75) is 39.4 Å². The fourth-order valence-corrected chi connectivity index (χ4v) is 2.71. The zero-order valence-corrected chi connectivity index (χ0v) is 14.4. The van der Waals surface area contributed by atoms with Crippen molar-refractivity contribution in [3.63, 3.8) is 0 Å². The molecule has 124 valence electrons. The quantitative estimate of drug-likeness (QED) is 0.905. The van der Waals surface area contributed by atoms with Crippen LogP contribution < -0.4 is 4.90 Å². The van der Waals surface area contributed by atoms with Crippen LogP contribution in [-0.4, -0.2) is 61.0 Å². The van der Waals surface area contributed by atoms with Crippen LogP contribution in [0, 0.1) is 6.92 Å². The van der Waals surface area contributed by atoms with Crippen LogP contribution in [0.3, 0.4) is 0 Å². The third-order valence-electron chi connectivity index (χ3n) is 3.92. The number of ether oxygens (including phenoxy) is 1. The minimum atomic E-state index is -0.412. The normalized spacial score (nSPS) is 18.5. The number of aryl methyl sites for hydroxylation is 1. The summed E-state index contributed by atoms with van der Waals surface area (Å²) in [6.45, 7) is 13.3. The zero-order valence-electron chi connectivity index (χ0n) is 14.4. The van der Waals surface area contributed by atoms with Gasteiger partial charge < -0.3 is 14.7 Å². The molecule has 1 aromatic carbocycles. The van der Waals surface area contributed by atoms with Crippen molar-refractivity contribution in [1.82, 2.24) is 4.90 Å². The van der Waals surface area contributed by atoms with Gasteiger partial charge in [-0.15, -0.1) is 0 Å². The van der Waals surface area contributed by atoms with Gasteiger partial charge in [0.05, 0.1) is 18.3 Å². The van der Waals surface area contributed by atoms with E-state index in [2.05, 4.69) is 41.0 Å². The van der Waals surface area contributed by atoms with Crippen LogP contribution in [0.4, 0.5) is 5.69 Å². The minimum Gasteiger partial charge on any atom is -0.389 e. The van der Waals surface area contributed by atoms with Crippen LogP contribution in [0.15, 0.2) is 24.3 Å². The Hall–Kier alpha value is -1.10. The van der Waals surface area contributed by atoms with Crippen LogP contribution in [0.1, 0.15) is 26.3 Å². The van der Waals surface area contributed by atoms with Gasteiger partial charge in [0, 0.05) is 38.4 Å². The summed E-state index contributed by atoms with van der Waals surface area (Å²) < 4.78 is 5.65. The van der Waals surface area contributed by atoms with Crippen LogP contribution >= 0.6 is 0 Å². The Balaban J connectivity index is 1.75. The summed E-state index contributed by atoms with van der Waals surface area (Å²) in [4.78, 5) is 4.74. The Kier molecular flexibility index (Phi) is 5.84. The summed E-state index contributed by atoms with van der Waals surface area (Å²) in [6.07, 6.45) is -0.412. The van der Waals surface area contributed by atoms with E-state index in [1.54, 1.807) is 0 Å². The molecule has 0 aliphatic carbocycles. The van der Waals surface area contributed by atoms with Crippen LogP contribution in [0.5, 0.6) is 0 Å². The second-order valence-corrected chi connectivity index (χ2v) is 7.20. The molecule has 0 bridgehead atoms. The Morgan fingerprint density at radius 1 is 1.18 bits per heavy atom. The zero-order chi connectivity index (χ0) is 16.2. The topological polar surface area (TPSA) is 35.9 Å². The van der Waals surface area contributed by atoms with Gasteiger partial charge >= 0.3 is 0 Å². The predicted molar refractivity (Wildman–Crippen MR) is 91.5 cm³/mol. The maximum atomic E-state index is 10.1. The van der Waals surface area contributed by atoms with Gasteiger partial charge in [0.1, 0.15) is 0 Å². The van der Waals surface area contributed by atoms with E-state index in [0.29, 0.717) is 13.2 Å². The molecule has 2 rings (SSSR count). The Morgan fingerprint density at radius 2 is 1.86 bits per heavy atom. The maximum absolute atomic E-state index is 10.1. The second kappa shape index (κ2) is 7.44. The number of aliphatic hydroxyl groups excluding tert-OH is 1. The molecular formula is C18H30N2O2. The fourth-order valence-electron chi connectivity index (χ4n) is 2.71. The Morgan fingerprint density at radius 3 is 2.45 bits per heavy atom. The standard InChI is InChI=1S/C18H30N2O2/c1-15-6-5-7-16(12-15)20-10-8-19(9-11-20)13-17(21)14-22-18(2,3)4/h5-7,12,17,21H,8-11,13-14H2,1-4H3. The number of piperazine rings is 1. The molecule has 0 radical (unpaired) electrons. The van der Waals surface area contributed by atoms with Crippen molar-refractivity contribution >= 4 is 5.69 Å². The van der Waals surface area contributed by atoms with Gasteiger partial charge in [-0.2, -0.15) is 0 Å². The molecule has 1 atom stereocenters. The second-order valence-electron chi connectivity index (χ2n) is 7.20. The molecule has 22 heavy (non-hydrogen) atoms. The molecule has 0 aromatic heterocycles. The first-order valence-electron chi connectivity index (χ1n) is 8.19. The summed E-state index contributed by atoms with van der Waals surface area (Å²) in [5.41, 5.74) is 2.41. The number of benzene rings is 1. The minimum absolute atomic E-state index is 0.190. The predicted octanol–water partition coefficient (Wildman–Crippen LogP) is 2.29. The van der Waals surface area contributed by atoms with E-state index in [9.17, 15) is 5.11 Å². The van der Waals surface area contributed by atoms with Crippen molar-refractivity contribution in [2.24, 2.45) is 0 Å². The number of hydrogen-bond acceptors (Lipinski definition) is 4. The molecule has 1 unspecified atom stereocenters. The number of rotatable bonds is 5. The summed E-state index contributed by atoms with van der Waals surface area (Å²) in [5.74, 6) is 0. The van der Waals surface area contributed by atoms with Gasteiger partial charge in [-0.25, -0.2) is 0 Å². The summed E-state index contributed by atoms with van der Waals surface area (Å²) >= 11 is 0. The number of anilines is 1. The molecule has 1 fully saturated rings. The lowest BCUT2D eigenvalue weighted by molar-refractivity contribution is -0.0563. The average molecular weight is 306 g/mol. The third-order valence-corrected chi connectivity index (χ3v) is 3.92. The Bertz CT molecular complexity index is 462. The number of β-amino-alcohol motifs (C(OH)–C–C–N with tert-alkyl or cyclic N) is 1. The lowest BCUT2D eigenvalue weighted by Crippen LogP contribution is -2.49. The van der Waals surface area contributed by atoms with Crippen molar-refractivity contribution in [3.8, 4) is 0 Å². The fraction of sp³-hybridized carbons (Fsp3) is 0.667. The molecule has 4 nitrogen and oxygen atoms in total. The van der Waals surface area contributed by atoms with E-state index in [-0.39, 0.29) is 5.60 Å². The van der Waals surface area contributed by atoms with Crippen LogP contribution in [0.25, 0.3) is 0 Å². The highest BCUT2D eigenvalue weighted by Gasteiger charge is 2.21. The Labute approximate surface area is 134 Å². The average Bonchev–Trinajstić information content (AvgIpc) is 2.45. The summed E-state index contributed by atoms with van der Waals surface area (Å²) in [7, 11) is 0. The molecule has 4 heteroatoms. The first kappa shape index (κ1) is 17.3. The molecule has 1 aliphatic heterocycles. The first-order valence-corrected chi connectivity index (χ1v) is 8.19. The number of hydrogen-bond donors (Lipinski definition) is 1. The van der Waals surface area contributed by atoms with E-state index < -0.39 is 6.10 Å². The lowest BCUT2D eigenvalue weighted by atomic mass is 10.2. The van der Waals surface area contributed by atoms with Crippen molar-refractivity contribution in [3.05, 3.63) is 29.8 Å². The molecule has 1 aromatic rings. The molecule has 1 saturated heterocycles. The van der Waals surface area contributed by atoms with Gasteiger partial charge in [0.15, 0.2) is 0 Å². The SMILES string of the molecule is Cc1cccc(N2CCN(CC(O)COC(C)(C)C)CC2)c1. The number of nitrogens with zero attached hydrogens (tertiary/aromatic N) is 2. The molecule has 1 heterocycles. The van der Waals surface area contributed by atoms with E-state index >= 15 is 0 Å². The molecular weight excluding hydrogens is 276 g/mol. The molecule has 1 N–H and O–H groups in total. The van der Waals surface area contributed by atoms with Gasteiger partial charge in [0.25, 0.3) is 0 Å². The van der Waals surface area contributed by atoms with E-state index in [1.165, 1.54) is 11.3 Å². The molecule has 0 spiro atoms. The lowest BCUT2D eigenvalue weighted by Gasteiger charge is -2.37. The summed E-state index contributed by atoms with van der Waals surface area (Å²) in [6, 6.07) is 8.66. The van der Waals surface area contributed by atoms with Gasteiger partial charge in [0.2, 0.25) is 0 Å². The van der Waals surface area contributed by atoms with Gasteiger partial charge in [-0.3, -0.25) is 4.90 Å². The van der Waals surface area contributed by atoms with Crippen LogP contribution in [0.2, 0.25) is 0 Å². The van der Waals surface area contributed by atoms with Crippen molar-refractivity contribution < 1.29 is 9.84 Å². The first-order chi connectivity index (χ1) is 10.3. The number of aliphatic hydroxyl groups is 1.